The Morgan fingerprint density at radius 3 is 2.58 bits per heavy atom. The molecule has 0 atom stereocenters. The van der Waals surface area contributed by atoms with Gasteiger partial charge >= 0.3 is 11.8 Å². The fourth-order valence-electron chi connectivity index (χ4n) is 2.27. The molecule has 0 heterocycles. The molecule has 1 aliphatic rings. The number of hydrogen-bond donors (Lipinski definition) is 2. The normalized spacial score (nSPS) is 16.1. The van der Waals surface area contributed by atoms with Gasteiger partial charge in [0.15, 0.2) is 0 Å². The molecule has 110 valence electrons. The van der Waals surface area contributed by atoms with E-state index in [4.69, 9.17) is 9.84 Å². The molecule has 0 aromatic carbocycles. The summed E-state index contributed by atoms with van der Waals surface area (Å²) >= 11 is 0. The SMILES string of the molecule is CN(C(=O)C(=O)NCCOCCO)C1CCCCC1. The number of carbonyl (C=O) groups is 2. The predicted molar refractivity (Wildman–Crippen MR) is 70.6 cm³/mol. The molecule has 0 spiro atoms. The quantitative estimate of drug-likeness (QED) is 0.523. The van der Waals surface area contributed by atoms with Crippen LogP contribution in [0.15, 0.2) is 0 Å². The number of aliphatic hydroxyl groups excluding tert-OH is 1. The summed E-state index contributed by atoms with van der Waals surface area (Å²) in [5.41, 5.74) is 0. The lowest BCUT2D eigenvalue weighted by molar-refractivity contribution is -0.146. The van der Waals surface area contributed by atoms with E-state index >= 15 is 0 Å². The monoisotopic (exact) mass is 272 g/mol. The topological polar surface area (TPSA) is 78.9 Å². The van der Waals surface area contributed by atoms with Gasteiger partial charge in [-0.25, -0.2) is 0 Å². The van der Waals surface area contributed by atoms with Gasteiger partial charge in [-0.2, -0.15) is 0 Å². The highest BCUT2D eigenvalue weighted by molar-refractivity contribution is 6.35. The van der Waals surface area contributed by atoms with E-state index in [0.717, 1.165) is 25.7 Å². The Morgan fingerprint density at radius 1 is 1.26 bits per heavy atom. The minimum Gasteiger partial charge on any atom is -0.394 e. The maximum Gasteiger partial charge on any atom is 0.311 e. The van der Waals surface area contributed by atoms with Gasteiger partial charge in [-0.15, -0.1) is 0 Å². The Bertz CT molecular complexity index is 290. The van der Waals surface area contributed by atoms with Crippen LogP contribution in [-0.2, 0) is 14.3 Å². The fraction of sp³-hybridized carbons (Fsp3) is 0.846. The maximum absolute atomic E-state index is 11.9. The zero-order valence-corrected chi connectivity index (χ0v) is 11.6. The van der Waals surface area contributed by atoms with Crippen LogP contribution in [0, 0.1) is 0 Å². The van der Waals surface area contributed by atoms with Crippen LogP contribution in [0.2, 0.25) is 0 Å². The minimum atomic E-state index is -0.583. The van der Waals surface area contributed by atoms with Gasteiger partial charge in [0.05, 0.1) is 19.8 Å². The number of nitrogens with one attached hydrogen (secondary N) is 1. The lowest BCUT2D eigenvalue weighted by atomic mass is 9.94. The molecule has 2 amide bonds. The van der Waals surface area contributed by atoms with Crippen molar-refractivity contribution < 1.29 is 19.4 Å². The molecule has 0 aliphatic heterocycles. The van der Waals surface area contributed by atoms with Crippen molar-refractivity contribution in [2.45, 2.75) is 38.1 Å². The number of carbonyl (C=O) groups excluding carboxylic acids is 2. The summed E-state index contributed by atoms with van der Waals surface area (Å²) in [6, 6.07) is 0.192. The maximum atomic E-state index is 11.9. The van der Waals surface area contributed by atoms with Crippen LogP contribution in [0.1, 0.15) is 32.1 Å². The number of ether oxygens (including phenoxy) is 1. The molecule has 0 radical (unpaired) electrons. The van der Waals surface area contributed by atoms with E-state index in [0.29, 0.717) is 6.61 Å². The lowest BCUT2D eigenvalue weighted by Crippen LogP contribution is -2.47. The predicted octanol–water partition coefficient (Wildman–Crippen LogP) is -0.0974. The van der Waals surface area contributed by atoms with Gasteiger partial charge in [0.1, 0.15) is 0 Å². The van der Waals surface area contributed by atoms with Gasteiger partial charge in [-0.1, -0.05) is 19.3 Å². The van der Waals surface area contributed by atoms with E-state index in [1.807, 2.05) is 0 Å². The molecule has 1 fully saturated rings. The van der Waals surface area contributed by atoms with Gasteiger partial charge < -0.3 is 20.1 Å². The van der Waals surface area contributed by atoms with Gasteiger partial charge in [-0.3, -0.25) is 9.59 Å². The molecule has 0 aromatic rings. The van der Waals surface area contributed by atoms with Crippen molar-refractivity contribution in [3.63, 3.8) is 0 Å². The Balaban J connectivity index is 2.24. The van der Waals surface area contributed by atoms with Crippen LogP contribution < -0.4 is 5.32 Å². The van der Waals surface area contributed by atoms with Crippen LogP contribution in [0.3, 0.4) is 0 Å². The Labute approximate surface area is 114 Å². The van der Waals surface area contributed by atoms with Crippen LogP contribution in [0.5, 0.6) is 0 Å². The van der Waals surface area contributed by atoms with Gasteiger partial charge in [0.25, 0.3) is 0 Å². The molecule has 6 heteroatoms. The van der Waals surface area contributed by atoms with Crippen LogP contribution in [-0.4, -0.2) is 61.3 Å². The zero-order chi connectivity index (χ0) is 14.1. The summed E-state index contributed by atoms with van der Waals surface area (Å²) in [6.07, 6.45) is 5.43. The van der Waals surface area contributed by atoms with E-state index in [1.165, 1.54) is 6.42 Å². The summed E-state index contributed by atoms with van der Waals surface area (Å²) in [4.78, 5) is 25.1. The molecular weight excluding hydrogens is 248 g/mol. The van der Waals surface area contributed by atoms with Gasteiger partial charge in [0.2, 0.25) is 0 Å². The summed E-state index contributed by atoms with van der Waals surface area (Å²) in [7, 11) is 1.69. The van der Waals surface area contributed by atoms with Gasteiger partial charge in [0, 0.05) is 19.6 Å². The van der Waals surface area contributed by atoms with Crippen LogP contribution in [0.25, 0.3) is 0 Å². The summed E-state index contributed by atoms with van der Waals surface area (Å²) in [5.74, 6) is -1.06. The molecule has 2 N–H and O–H groups in total. The first kappa shape index (κ1) is 15.9. The number of hydrogen-bond acceptors (Lipinski definition) is 4. The van der Waals surface area contributed by atoms with Crippen molar-refractivity contribution in [1.82, 2.24) is 10.2 Å². The molecule has 0 saturated heterocycles. The Morgan fingerprint density at radius 2 is 1.95 bits per heavy atom. The van der Waals surface area contributed by atoms with Crippen molar-refractivity contribution in [2.75, 3.05) is 33.4 Å². The molecule has 0 aromatic heterocycles. The van der Waals surface area contributed by atoms with Crippen molar-refractivity contribution in [2.24, 2.45) is 0 Å². The molecule has 6 nitrogen and oxygen atoms in total. The van der Waals surface area contributed by atoms with E-state index in [9.17, 15) is 9.59 Å². The van der Waals surface area contributed by atoms with Crippen molar-refractivity contribution in [3.05, 3.63) is 0 Å². The average Bonchev–Trinajstić information content (AvgIpc) is 2.46. The molecule has 19 heavy (non-hydrogen) atoms. The van der Waals surface area contributed by atoms with Crippen molar-refractivity contribution >= 4 is 11.8 Å². The Kier molecular flexibility index (Phi) is 7.43. The van der Waals surface area contributed by atoms with Gasteiger partial charge in [-0.05, 0) is 12.8 Å². The van der Waals surface area contributed by atoms with Crippen LogP contribution >= 0.6 is 0 Å². The molecule has 1 rings (SSSR count). The first-order valence-corrected chi connectivity index (χ1v) is 6.90. The molecule has 1 saturated carbocycles. The van der Waals surface area contributed by atoms with Crippen molar-refractivity contribution in [1.29, 1.82) is 0 Å². The number of amides is 2. The second-order valence-electron chi connectivity index (χ2n) is 4.80. The molecule has 0 unspecified atom stereocenters. The number of aliphatic hydroxyl groups is 1. The second-order valence-corrected chi connectivity index (χ2v) is 4.80. The number of nitrogens with zero attached hydrogens (tertiary/aromatic N) is 1. The third kappa shape index (κ3) is 5.57. The molecule has 1 aliphatic carbocycles. The summed E-state index contributed by atoms with van der Waals surface area (Å²) < 4.78 is 5.00. The zero-order valence-electron chi connectivity index (χ0n) is 11.6. The number of rotatable bonds is 6. The molecular formula is C13H24N2O4. The summed E-state index contributed by atoms with van der Waals surface area (Å²) in [5, 5.41) is 11.0. The third-order valence-corrected chi connectivity index (χ3v) is 3.40. The summed E-state index contributed by atoms with van der Waals surface area (Å²) in [6.45, 7) is 0.777. The standard InChI is InChI=1S/C13H24N2O4/c1-15(11-5-3-2-4-6-11)13(18)12(17)14-7-9-19-10-8-16/h11,16H,2-10H2,1H3,(H,14,17). The third-order valence-electron chi connectivity index (χ3n) is 3.40. The van der Waals surface area contributed by atoms with Crippen LogP contribution in [0.4, 0.5) is 0 Å². The minimum absolute atomic E-state index is 0.0444. The van der Waals surface area contributed by atoms with E-state index in [-0.39, 0.29) is 25.8 Å². The molecule has 0 bridgehead atoms. The van der Waals surface area contributed by atoms with Crippen molar-refractivity contribution in [3.8, 4) is 0 Å². The highest BCUT2D eigenvalue weighted by Crippen LogP contribution is 2.21. The first-order chi connectivity index (χ1) is 9.16. The van der Waals surface area contributed by atoms with E-state index in [2.05, 4.69) is 5.32 Å². The second kappa shape index (κ2) is 8.87. The lowest BCUT2D eigenvalue weighted by Gasteiger charge is -2.30. The van der Waals surface area contributed by atoms with E-state index in [1.54, 1.807) is 11.9 Å². The number of likely N-dealkylation sites (N-methyl/N-ethyl adjacent to an activating group) is 1. The average molecular weight is 272 g/mol. The fourth-order valence-corrected chi connectivity index (χ4v) is 2.27. The highest BCUT2D eigenvalue weighted by atomic mass is 16.5. The highest BCUT2D eigenvalue weighted by Gasteiger charge is 2.26. The first-order valence-electron chi connectivity index (χ1n) is 6.90. The Hall–Kier alpha value is -1.14. The largest absolute Gasteiger partial charge is 0.394 e. The van der Waals surface area contributed by atoms with E-state index < -0.39 is 11.8 Å². The smallest absolute Gasteiger partial charge is 0.311 e.